The maximum absolute atomic E-state index is 15.4. The molecule has 3 aromatic rings. The van der Waals surface area contributed by atoms with Gasteiger partial charge in [0.1, 0.15) is 6.17 Å². The zero-order valence-corrected chi connectivity index (χ0v) is 16.5. The highest BCUT2D eigenvalue weighted by Crippen LogP contribution is 2.42. The van der Waals surface area contributed by atoms with Gasteiger partial charge in [0.15, 0.2) is 0 Å². The zero-order chi connectivity index (χ0) is 21.5. The summed E-state index contributed by atoms with van der Waals surface area (Å²) in [5.41, 5.74) is 1.60. The lowest BCUT2D eigenvalue weighted by Gasteiger charge is -2.44. The SMILES string of the molecule is N#Cc1ccccc1C1CC(F)C2C(=O)N(c3cncc4ccccc34)C(=O)NC2C1. The Balaban J connectivity index is 1.48. The van der Waals surface area contributed by atoms with Crippen LogP contribution in [0.1, 0.15) is 29.9 Å². The van der Waals surface area contributed by atoms with Crippen molar-refractivity contribution in [2.24, 2.45) is 5.92 Å². The van der Waals surface area contributed by atoms with Crippen molar-refractivity contribution >= 4 is 28.4 Å². The van der Waals surface area contributed by atoms with Gasteiger partial charge in [-0.1, -0.05) is 42.5 Å². The van der Waals surface area contributed by atoms with Gasteiger partial charge in [-0.25, -0.2) is 14.1 Å². The summed E-state index contributed by atoms with van der Waals surface area (Å²) in [4.78, 5) is 31.5. The predicted octanol–water partition coefficient (Wildman–Crippen LogP) is 4.06. The number of anilines is 1. The third-order valence-corrected chi connectivity index (χ3v) is 6.30. The molecular formula is C24H19FN4O2. The van der Waals surface area contributed by atoms with Crippen molar-refractivity contribution in [3.05, 3.63) is 72.1 Å². The Morgan fingerprint density at radius 3 is 2.68 bits per heavy atom. The number of benzene rings is 2. The summed E-state index contributed by atoms with van der Waals surface area (Å²) in [7, 11) is 0. The quantitative estimate of drug-likeness (QED) is 0.685. The van der Waals surface area contributed by atoms with Gasteiger partial charge in [-0.05, 0) is 30.4 Å². The summed E-state index contributed by atoms with van der Waals surface area (Å²) in [5, 5.41) is 13.7. The van der Waals surface area contributed by atoms with E-state index in [4.69, 9.17) is 0 Å². The van der Waals surface area contributed by atoms with Gasteiger partial charge in [0, 0.05) is 23.0 Å². The molecule has 0 spiro atoms. The van der Waals surface area contributed by atoms with Crippen LogP contribution in [0.25, 0.3) is 10.8 Å². The number of carbonyl (C=O) groups is 2. The summed E-state index contributed by atoms with van der Waals surface area (Å²) >= 11 is 0. The molecule has 0 radical (unpaired) electrons. The fourth-order valence-electron chi connectivity index (χ4n) is 4.88. The molecule has 1 saturated carbocycles. The molecule has 7 heteroatoms. The number of hydrogen-bond acceptors (Lipinski definition) is 4. The monoisotopic (exact) mass is 414 g/mol. The minimum Gasteiger partial charge on any atom is -0.334 e. The van der Waals surface area contributed by atoms with Crippen molar-refractivity contribution in [1.29, 1.82) is 5.26 Å². The van der Waals surface area contributed by atoms with Crippen molar-refractivity contribution in [1.82, 2.24) is 10.3 Å². The van der Waals surface area contributed by atoms with Crippen LogP contribution in [-0.4, -0.2) is 29.1 Å². The molecule has 2 aliphatic rings. The fraction of sp³-hybridized carbons (Fsp3) is 0.250. The van der Waals surface area contributed by atoms with Gasteiger partial charge in [0.05, 0.1) is 29.4 Å². The topological polar surface area (TPSA) is 86.1 Å². The summed E-state index contributed by atoms with van der Waals surface area (Å²) in [6.45, 7) is 0. The number of alkyl halides is 1. The summed E-state index contributed by atoms with van der Waals surface area (Å²) in [6, 6.07) is 15.4. The predicted molar refractivity (Wildman–Crippen MR) is 113 cm³/mol. The number of imide groups is 1. The minimum atomic E-state index is -1.44. The van der Waals surface area contributed by atoms with E-state index >= 15 is 4.39 Å². The first-order chi connectivity index (χ1) is 15.1. The van der Waals surface area contributed by atoms with Crippen LogP contribution in [0.15, 0.2) is 60.9 Å². The van der Waals surface area contributed by atoms with Gasteiger partial charge in [-0.2, -0.15) is 5.26 Å². The van der Waals surface area contributed by atoms with Crippen LogP contribution < -0.4 is 10.2 Å². The standard InChI is InChI=1S/C24H19FN4O2/c25-19-9-16(17-7-3-1-5-14(17)11-26)10-20-22(19)23(30)29(24(31)28-20)21-13-27-12-15-6-2-4-8-18(15)21/h1-8,12-13,16,19-20,22H,9-10H2,(H,28,31). The normalized spacial score (nSPS) is 25.6. The molecule has 2 heterocycles. The van der Waals surface area contributed by atoms with E-state index in [1.165, 1.54) is 6.20 Å². The Labute approximate surface area is 178 Å². The Morgan fingerprint density at radius 2 is 1.84 bits per heavy atom. The second-order valence-electron chi connectivity index (χ2n) is 8.02. The number of halogens is 1. The molecular weight excluding hydrogens is 395 g/mol. The second kappa shape index (κ2) is 7.47. The van der Waals surface area contributed by atoms with Gasteiger partial charge >= 0.3 is 6.03 Å². The Kier molecular flexibility index (Phi) is 4.63. The Morgan fingerprint density at radius 1 is 1.06 bits per heavy atom. The van der Waals surface area contributed by atoms with E-state index in [1.54, 1.807) is 18.3 Å². The first-order valence-electron chi connectivity index (χ1n) is 10.2. The lowest BCUT2D eigenvalue weighted by atomic mass is 9.72. The van der Waals surface area contributed by atoms with Gasteiger partial charge in [0.2, 0.25) is 5.91 Å². The van der Waals surface area contributed by atoms with Crippen LogP contribution in [-0.2, 0) is 4.79 Å². The number of nitriles is 1. The van der Waals surface area contributed by atoms with Gasteiger partial charge in [0.25, 0.3) is 0 Å². The number of hydrogen-bond donors (Lipinski definition) is 1. The molecule has 1 aliphatic heterocycles. The molecule has 5 rings (SSSR count). The molecule has 1 saturated heterocycles. The van der Waals surface area contributed by atoms with Crippen molar-refractivity contribution in [2.75, 3.05) is 4.90 Å². The van der Waals surface area contributed by atoms with E-state index in [9.17, 15) is 14.9 Å². The van der Waals surface area contributed by atoms with E-state index < -0.39 is 30.1 Å². The van der Waals surface area contributed by atoms with E-state index in [0.717, 1.165) is 15.8 Å². The fourth-order valence-corrected chi connectivity index (χ4v) is 4.88. The van der Waals surface area contributed by atoms with Crippen LogP contribution >= 0.6 is 0 Å². The Bertz CT molecular complexity index is 1230. The summed E-state index contributed by atoms with van der Waals surface area (Å²) < 4.78 is 15.4. The Hall–Kier alpha value is -3.79. The number of nitrogens with one attached hydrogen (secondary N) is 1. The van der Waals surface area contributed by atoms with Crippen LogP contribution in [0.3, 0.4) is 0 Å². The van der Waals surface area contributed by atoms with Crippen molar-refractivity contribution < 1.29 is 14.0 Å². The molecule has 6 nitrogen and oxygen atoms in total. The van der Waals surface area contributed by atoms with Crippen molar-refractivity contribution in [3.8, 4) is 6.07 Å². The first kappa shape index (κ1) is 19.2. The maximum atomic E-state index is 15.4. The molecule has 2 aromatic carbocycles. The number of rotatable bonds is 2. The minimum absolute atomic E-state index is 0.128. The second-order valence-corrected chi connectivity index (χ2v) is 8.02. The molecule has 0 bridgehead atoms. The van der Waals surface area contributed by atoms with Crippen LogP contribution in [0.2, 0.25) is 0 Å². The molecule has 2 fully saturated rings. The number of amides is 3. The summed E-state index contributed by atoms with van der Waals surface area (Å²) in [5.74, 6) is -1.76. The number of carbonyl (C=O) groups excluding carboxylic acids is 2. The lowest BCUT2D eigenvalue weighted by Crippen LogP contribution is -2.64. The number of aromatic nitrogens is 1. The molecule has 154 valence electrons. The maximum Gasteiger partial charge on any atom is 0.329 e. The van der Waals surface area contributed by atoms with Gasteiger partial charge in [-0.15, -0.1) is 0 Å². The van der Waals surface area contributed by atoms with Gasteiger partial charge < -0.3 is 5.32 Å². The van der Waals surface area contributed by atoms with Crippen LogP contribution in [0.5, 0.6) is 0 Å². The van der Waals surface area contributed by atoms with Crippen molar-refractivity contribution in [2.45, 2.75) is 31.0 Å². The van der Waals surface area contributed by atoms with Gasteiger partial charge in [-0.3, -0.25) is 9.78 Å². The molecule has 3 amide bonds. The zero-order valence-electron chi connectivity index (χ0n) is 16.5. The highest BCUT2D eigenvalue weighted by molar-refractivity contribution is 6.20. The van der Waals surface area contributed by atoms with E-state index in [-0.39, 0.29) is 12.3 Å². The smallest absolute Gasteiger partial charge is 0.329 e. The highest BCUT2D eigenvalue weighted by Gasteiger charge is 2.50. The molecule has 4 unspecified atom stereocenters. The van der Waals surface area contributed by atoms with E-state index in [0.29, 0.717) is 23.1 Å². The van der Waals surface area contributed by atoms with Crippen LogP contribution in [0.4, 0.5) is 14.9 Å². The first-order valence-corrected chi connectivity index (χ1v) is 10.2. The number of nitrogens with zero attached hydrogens (tertiary/aromatic N) is 3. The largest absolute Gasteiger partial charge is 0.334 e. The molecule has 1 aromatic heterocycles. The van der Waals surface area contributed by atoms with E-state index in [2.05, 4.69) is 16.4 Å². The third kappa shape index (κ3) is 3.12. The number of pyridine rings is 1. The van der Waals surface area contributed by atoms with Crippen LogP contribution in [0, 0.1) is 17.2 Å². The molecule has 4 atom stereocenters. The molecule has 31 heavy (non-hydrogen) atoms. The number of fused-ring (bicyclic) bond motifs is 2. The highest BCUT2D eigenvalue weighted by atomic mass is 19.1. The van der Waals surface area contributed by atoms with Crippen molar-refractivity contribution in [3.63, 3.8) is 0 Å². The third-order valence-electron chi connectivity index (χ3n) is 6.30. The summed E-state index contributed by atoms with van der Waals surface area (Å²) in [6.07, 6.45) is 2.21. The van der Waals surface area contributed by atoms with E-state index in [1.807, 2.05) is 36.4 Å². The molecule has 1 aliphatic carbocycles. The average Bonchev–Trinajstić information content (AvgIpc) is 2.78. The molecule has 1 N–H and O–H groups in total. The average molecular weight is 414 g/mol. The lowest BCUT2D eigenvalue weighted by molar-refractivity contribution is -0.127. The number of urea groups is 1.